The summed E-state index contributed by atoms with van der Waals surface area (Å²) < 4.78 is 5.10. The molecule has 0 atom stereocenters. The molecule has 0 aromatic carbocycles. The number of thioether (sulfide) groups is 1. The lowest BCUT2D eigenvalue weighted by molar-refractivity contribution is 0.426. The van der Waals surface area contributed by atoms with Crippen molar-refractivity contribution >= 4 is 28.1 Å². The fourth-order valence-electron chi connectivity index (χ4n) is 1.01. The normalized spacial score (nSPS) is 10.6. The van der Waals surface area contributed by atoms with Crippen molar-refractivity contribution in [3.63, 3.8) is 0 Å². The number of hydrogen-bond acceptors (Lipinski definition) is 6. The maximum absolute atomic E-state index is 5.61. The van der Waals surface area contributed by atoms with Crippen LogP contribution in [0.15, 0.2) is 16.7 Å². The molecule has 0 saturated heterocycles. The molecule has 0 aliphatic carbocycles. The van der Waals surface area contributed by atoms with Crippen LogP contribution in [-0.2, 0) is 5.75 Å². The summed E-state index contributed by atoms with van der Waals surface area (Å²) in [4.78, 5) is 5.16. The lowest BCUT2D eigenvalue weighted by Crippen LogP contribution is -1.81. The third-order valence-corrected chi connectivity index (χ3v) is 3.03. The van der Waals surface area contributed by atoms with Gasteiger partial charge < -0.3 is 10.3 Å². The zero-order valence-corrected chi connectivity index (χ0v) is 9.19. The second-order valence-corrected chi connectivity index (χ2v) is 4.63. The van der Waals surface area contributed by atoms with Crippen molar-refractivity contribution in [2.45, 2.75) is 5.75 Å². The number of nitrogens with zero attached hydrogens (tertiary/aromatic N) is 2. The van der Waals surface area contributed by atoms with E-state index in [1.165, 1.54) is 11.3 Å². The maximum Gasteiger partial charge on any atom is 0.268 e. The van der Waals surface area contributed by atoms with Crippen molar-refractivity contribution < 1.29 is 4.52 Å². The SMILES string of the molecule is CSCc1noc(-c2ccc(N)s2)n1. The molecular formula is C8H9N3OS2. The highest BCUT2D eigenvalue weighted by Gasteiger charge is 2.09. The fraction of sp³-hybridized carbons (Fsp3) is 0.250. The zero-order valence-electron chi connectivity index (χ0n) is 7.56. The molecule has 0 fully saturated rings. The average molecular weight is 227 g/mol. The first-order valence-electron chi connectivity index (χ1n) is 3.97. The molecule has 2 N–H and O–H groups in total. The Morgan fingerprint density at radius 3 is 3.07 bits per heavy atom. The Balaban J connectivity index is 2.24. The van der Waals surface area contributed by atoms with Crippen LogP contribution in [0.4, 0.5) is 5.00 Å². The highest BCUT2D eigenvalue weighted by atomic mass is 32.2. The van der Waals surface area contributed by atoms with Crippen LogP contribution in [0, 0.1) is 0 Å². The Morgan fingerprint density at radius 2 is 2.43 bits per heavy atom. The lowest BCUT2D eigenvalue weighted by atomic mass is 10.4. The van der Waals surface area contributed by atoms with E-state index in [9.17, 15) is 0 Å². The zero-order chi connectivity index (χ0) is 9.97. The molecule has 0 aliphatic rings. The van der Waals surface area contributed by atoms with E-state index in [1.54, 1.807) is 11.8 Å². The molecule has 74 valence electrons. The fourth-order valence-corrected chi connectivity index (χ4v) is 2.08. The van der Waals surface area contributed by atoms with Crippen LogP contribution in [0.5, 0.6) is 0 Å². The van der Waals surface area contributed by atoms with Gasteiger partial charge >= 0.3 is 0 Å². The van der Waals surface area contributed by atoms with E-state index in [2.05, 4.69) is 10.1 Å². The Kier molecular flexibility index (Phi) is 2.74. The van der Waals surface area contributed by atoms with E-state index in [-0.39, 0.29) is 0 Å². The van der Waals surface area contributed by atoms with Crippen LogP contribution in [0.1, 0.15) is 5.82 Å². The molecule has 0 saturated carbocycles. The molecule has 0 spiro atoms. The maximum atomic E-state index is 5.61. The van der Waals surface area contributed by atoms with Crippen LogP contribution in [0.2, 0.25) is 0 Å². The van der Waals surface area contributed by atoms with Crippen LogP contribution in [0.25, 0.3) is 10.8 Å². The van der Waals surface area contributed by atoms with E-state index in [1.807, 2.05) is 18.4 Å². The monoisotopic (exact) mass is 227 g/mol. The summed E-state index contributed by atoms with van der Waals surface area (Å²) in [5, 5.41) is 4.60. The van der Waals surface area contributed by atoms with Gasteiger partial charge in [0.05, 0.1) is 15.6 Å². The van der Waals surface area contributed by atoms with Gasteiger partial charge in [0.25, 0.3) is 5.89 Å². The molecule has 0 amide bonds. The first-order chi connectivity index (χ1) is 6.79. The first-order valence-corrected chi connectivity index (χ1v) is 6.18. The summed E-state index contributed by atoms with van der Waals surface area (Å²) in [5.74, 6) is 2.04. The molecule has 6 heteroatoms. The number of nitrogens with two attached hydrogens (primary N) is 1. The van der Waals surface area contributed by atoms with Crippen molar-refractivity contribution in [3.8, 4) is 10.8 Å². The molecule has 0 unspecified atom stereocenters. The summed E-state index contributed by atoms with van der Waals surface area (Å²) >= 11 is 3.11. The Hall–Kier alpha value is -1.01. The van der Waals surface area contributed by atoms with Gasteiger partial charge in [0, 0.05) is 0 Å². The van der Waals surface area contributed by atoms with Crippen molar-refractivity contribution in [2.75, 3.05) is 12.0 Å². The predicted octanol–water partition coefficient (Wildman–Crippen LogP) is 2.24. The number of anilines is 1. The van der Waals surface area contributed by atoms with Gasteiger partial charge in [-0.1, -0.05) is 5.16 Å². The van der Waals surface area contributed by atoms with Crippen molar-refractivity contribution in [2.24, 2.45) is 0 Å². The van der Waals surface area contributed by atoms with Crippen molar-refractivity contribution in [3.05, 3.63) is 18.0 Å². The van der Waals surface area contributed by atoms with Crippen LogP contribution >= 0.6 is 23.1 Å². The molecule has 2 heterocycles. The number of nitrogen functional groups attached to an aromatic ring is 1. The molecule has 2 aromatic heterocycles. The first kappa shape index (κ1) is 9.54. The Labute approximate surface area is 89.5 Å². The largest absolute Gasteiger partial charge is 0.391 e. The van der Waals surface area contributed by atoms with Gasteiger partial charge in [-0.15, -0.1) is 11.3 Å². The van der Waals surface area contributed by atoms with E-state index in [0.717, 1.165) is 21.5 Å². The van der Waals surface area contributed by atoms with E-state index in [4.69, 9.17) is 10.3 Å². The minimum atomic E-state index is 0.552. The minimum absolute atomic E-state index is 0.552. The Morgan fingerprint density at radius 1 is 1.57 bits per heavy atom. The van der Waals surface area contributed by atoms with Gasteiger partial charge in [0.2, 0.25) is 0 Å². The van der Waals surface area contributed by atoms with Crippen molar-refractivity contribution in [1.29, 1.82) is 0 Å². The van der Waals surface area contributed by atoms with Gasteiger partial charge in [0.1, 0.15) is 0 Å². The Bertz CT molecular complexity index is 424. The molecule has 2 aromatic rings. The smallest absolute Gasteiger partial charge is 0.268 e. The highest BCUT2D eigenvalue weighted by Crippen LogP contribution is 2.28. The highest BCUT2D eigenvalue weighted by molar-refractivity contribution is 7.97. The number of aromatic nitrogens is 2. The number of rotatable bonds is 3. The lowest BCUT2D eigenvalue weighted by Gasteiger charge is -1.84. The second kappa shape index (κ2) is 4.02. The average Bonchev–Trinajstić information content (AvgIpc) is 2.74. The topological polar surface area (TPSA) is 64.9 Å². The molecular weight excluding hydrogens is 218 g/mol. The summed E-state index contributed by atoms with van der Waals surface area (Å²) in [6.07, 6.45) is 2.00. The predicted molar refractivity (Wildman–Crippen MR) is 59.2 cm³/mol. The summed E-state index contributed by atoms with van der Waals surface area (Å²) in [6, 6.07) is 3.72. The van der Waals surface area contributed by atoms with E-state index in [0.29, 0.717) is 5.89 Å². The van der Waals surface area contributed by atoms with Gasteiger partial charge in [-0.25, -0.2) is 0 Å². The van der Waals surface area contributed by atoms with Crippen LogP contribution in [0.3, 0.4) is 0 Å². The van der Waals surface area contributed by atoms with Crippen LogP contribution in [-0.4, -0.2) is 16.4 Å². The minimum Gasteiger partial charge on any atom is -0.391 e. The summed E-state index contributed by atoms with van der Waals surface area (Å²) in [5.41, 5.74) is 5.61. The molecule has 0 radical (unpaired) electrons. The number of thiophene rings is 1. The van der Waals surface area contributed by atoms with Gasteiger partial charge in [-0.2, -0.15) is 16.7 Å². The van der Waals surface area contributed by atoms with E-state index < -0.39 is 0 Å². The molecule has 14 heavy (non-hydrogen) atoms. The van der Waals surface area contributed by atoms with Crippen LogP contribution < -0.4 is 5.73 Å². The molecule has 2 rings (SSSR count). The van der Waals surface area contributed by atoms with Crippen molar-refractivity contribution in [1.82, 2.24) is 10.1 Å². The third kappa shape index (κ3) is 1.91. The summed E-state index contributed by atoms with van der Waals surface area (Å²) in [6.45, 7) is 0. The summed E-state index contributed by atoms with van der Waals surface area (Å²) in [7, 11) is 0. The van der Waals surface area contributed by atoms with Gasteiger partial charge in [-0.05, 0) is 18.4 Å². The molecule has 0 bridgehead atoms. The van der Waals surface area contributed by atoms with E-state index >= 15 is 0 Å². The molecule has 4 nitrogen and oxygen atoms in total. The number of hydrogen-bond donors (Lipinski definition) is 1. The van der Waals surface area contributed by atoms with Gasteiger partial charge in [-0.3, -0.25) is 0 Å². The second-order valence-electron chi connectivity index (χ2n) is 2.65. The van der Waals surface area contributed by atoms with Gasteiger partial charge in [0.15, 0.2) is 5.82 Å². The quantitative estimate of drug-likeness (QED) is 0.871. The third-order valence-electron chi connectivity index (χ3n) is 1.58. The standard InChI is InChI=1S/C8H9N3OS2/c1-13-4-7-10-8(12-11-7)5-2-3-6(9)14-5/h2-3H,4,9H2,1H3. The molecule has 0 aliphatic heterocycles.